The van der Waals surface area contributed by atoms with Crippen molar-refractivity contribution in [2.45, 2.75) is 232 Å². The molecule has 1 unspecified atom stereocenters. The quantitative estimate of drug-likeness (QED) is 0.0490. The van der Waals surface area contributed by atoms with Crippen molar-refractivity contribution in [3.63, 3.8) is 0 Å². The lowest BCUT2D eigenvalue weighted by Gasteiger charge is -2.18. The van der Waals surface area contributed by atoms with Gasteiger partial charge in [-0.3, -0.25) is 9.59 Å². The van der Waals surface area contributed by atoms with Crippen LogP contribution in [0.15, 0.2) is 0 Å². The first-order valence-electron chi connectivity index (χ1n) is 20.6. The summed E-state index contributed by atoms with van der Waals surface area (Å²) in [6.07, 6.45) is 38.5. The third-order valence-electron chi connectivity index (χ3n) is 9.14. The van der Waals surface area contributed by atoms with Gasteiger partial charge in [-0.05, 0) is 19.3 Å². The van der Waals surface area contributed by atoms with Gasteiger partial charge in [0.15, 0.2) is 6.10 Å². The molecule has 1 atom stereocenters. The summed E-state index contributed by atoms with van der Waals surface area (Å²) in [5.74, 6) is -0.400. The lowest BCUT2D eigenvalue weighted by atomic mass is 10.0. The van der Waals surface area contributed by atoms with Gasteiger partial charge in [0.2, 0.25) is 0 Å². The van der Waals surface area contributed by atoms with Crippen LogP contribution in [0.25, 0.3) is 0 Å². The molecule has 0 aromatic carbocycles. The van der Waals surface area contributed by atoms with Gasteiger partial charge in [0.25, 0.3) is 0 Å². The van der Waals surface area contributed by atoms with E-state index < -0.39 is 6.10 Å². The Morgan fingerprint density at radius 3 is 1.11 bits per heavy atom. The Morgan fingerprint density at radius 1 is 0.391 bits per heavy atom. The molecule has 0 heterocycles. The van der Waals surface area contributed by atoms with E-state index in [1.807, 2.05) is 0 Å². The molecular formula is C41H80O5. The van der Waals surface area contributed by atoms with Crippen molar-refractivity contribution in [2.75, 3.05) is 19.8 Å². The van der Waals surface area contributed by atoms with Gasteiger partial charge in [-0.25, -0.2) is 0 Å². The molecule has 0 fully saturated rings. The SMILES string of the molecule is CCCCCCCCCCCCCCCCCCCCCC(=O)OCC(COCCCCCCCC)OC(=O)CCCCCCC. The summed E-state index contributed by atoms with van der Waals surface area (Å²) in [5.41, 5.74) is 0. The number of carbonyl (C=O) groups excluding carboxylic acids is 2. The van der Waals surface area contributed by atoms with Crippen LogP contribution in [-0.4, -0.2) is 37.9 Å². The molecule has 0 radical (unpaired) electrons. The van der Waals surface area contributed by atoms with Crippen molar-refractivity contribution in [3.8, 4) is 0 Å². The lowest BCUT2D eigenvalue weighted by molar-refractivity contribution is -0.163. The Morgan fingerprint density at radius 2 is 0.717 bits per heavy atom. The molecular weight excluding hydrogens is 572 g/mol. The maximum absolute atomic E-state index is 12.4. The van der Waals surface area contributed by atoms with Gasteiger partial charge in [-0.15, -0.1) is 0 Å². The normalized spacial score (nSPS) is 12.0. The number of hydrogen-bond acceptors (Lipinski definition) is 5. The van der Waals surface area contributed by atoms with Gasteiger partial charge in [-0.1, -0.05) is 194 Å². The van der Waals surface area contributed by atoms with Gasteiger partial charge in [-0.2, -0.15) is 0 Å². The van der Waals surface area contributed by atoms with Crippen molar-refractivity contribution in [1.29, 1.82) is 0 Å². The molecule has 0 aliphatic heterocycles. The maximum Gasteiger partial charge on any atom is 0.306 e. The first-order valence-corrected chi connectivity index (χ1v) is 20.6. The van der Waals surface area contributed by atoms with E-state index in [-0.39, 0.29) is 18.5 Å². The molecule has 0 bridgehead atoms. The van der Waals surface area contributed by atoms with Crippen molar-refractivity contribution >= 4 is 11.9 Å². The zero-order valence-corrected chi connectivity index (χ0v) is 31.4. The number of rotatable bonds is 38. The predicted octanol–water partition coefficient (Wildman–Crippen LogP) is 13.0. The highest BCUT2D eigenvalue weighted by atomic mass is 16.6. The highest BCUT2D eigenvalue weighted by Gasteiger charge is 2.17. The van der Waals surface area contributed by atoms with Crippen LogP contribution in [0.1, 0.15) is 226 Å². The Hall–Kier alpha value is -1.10. The van der Waals surface area contributed by atoms with E-state index in [1.54, 1.807) is 0 Å². The Balaban J connectivity index is 3.86. The van der Waals surface area contributed by atoms with Crippen LogP contribution >= 0.6 is 0 Å². The number of esters is 2. The summed E-state index contributed by atoms with van der Waals surface area (Å²) in [7, 11) is 0. The van der Waals surface area contributed by atoms with Crippen LogP contribution in [0.2, 0.25) is 0 Å². The molecule has 0 N–H and O–H groups in total. The van der Waals surface area contributed by atoms with E-state index in [4.69, 9.17) is 14.2 Å². The summed E-state index contributed by atoms with van der Waals surface area (Å²) in [6, 6.07) is 0. The Labute approximate surface area is 287 Å². The minimum Gasteiger partial charge on any atom is -0.462 e. The average molecular weight is 653 g/mol. The van der Waals surface area contributed by atoms with E-state index in [0.29, 0.717) is 26.1 Å². The predicted molar refractivity (Wildman–Crippen MR) is 196 cm³/mol. The minimum atomic E-state index is -0.516. The van der Waals surface area contributed by atoms with Gasteiger partial charge in [0.05, 0.1) is 6.61 Å². The second-order valence-corrected chi connectivity index (χ2v) is 13.9. The highest BCUT2D eigenvalue weighted by Crippen LogP contribution is 2.15. The molecule has 274 valence electrons. The smallest absolute Gasteiger partial charge is 0.306 e. The van der Waals surface area contributed by atoms with Crippen molar-refractivity contribution in [1.82, 2.24) is 0 Å². The largest absolute Gasteiger partial charge is 0.462 e. The van der Waals surface area contributed by atoms with Crippen molar-refractivity contribution in [3.05, 3.63) is 0 Å². The first-order chi connectivity index (χ1) is 22.6. The second-order valence-electron chi connectivity index (χ2n) is 13.9. The fourth-order valence-corrected chi connectivity index (χ4v) is 6.04. The molecule has 0 aromatic heterocycles. The molecule has 0 rings (SSSR count). The van der Waals surface area contributed by atoms with Gasteiger partial charge in [0, 0.05) is 19.4 Å². The third-order valence-corrected chi connectivity index (χ3v) is 9.14. The van der Waals surface area contributed by atoms with E-state index in [0.717, 1.165) is 44.9 Å². The maximum atomic E-state index is 12.4. The number of hydrogen-bond donors (Lipinski definition) is 0. The highest BCUT2D eigenvalue weighted by molar-refractivity contribution is 5.70. The summed E-state index contributed by atoms with van der Waals surface area (Å²) in [5, 5.41) is 0. The lowest BCUT2D eigenvalue weighted by Crippen LogP contribution is -2.30. The number of ether oxygens (including phenoxy) is 3. The molecule has 0 aromatic rings. The zero-order chi connectivity index (χ0) is 33.6. The van der Waals surface area contributed by atoms with Crippen LogP contribution in [0.4, 0.5) is 0 Å². The molecule has 0 aliphatic carbocycles. The molecule has 5 nitrogen and oxygen atoms in total. The summed E-state index contributed by atoms with van der Waals surface area (Å²) < 4.78 is 17.0. The van der Waals surface area contributed by atoms with Crippen LogP contribution in [-0.2, 0) is 23.8 Å². The average Bonchev–Trinajstić information content (AvgIpc) is 3.05. The topological polar surface area (TPSA) is 61.8 Å². The molecule has 0 amide bonds. The summed E-state index contributed by atoms with van der Waals surface area (Å²) in [6.45, 7) is 7.75. The summed E-state index contributed by atoms with van der Waals surface area (Å²) >= 11 is 0. The van der Waals surface area contributed by atoms with Crippen molar-refractivity contribution in [2.24, 2.45) is 0 Å². The number of unbranched alkanes of at least 4 members (excludes halogenated alkanes) is 27. The van der Waals surface area contributed by atoms with E-state index in [1.165, 1.54) is 148 Å². The fraction of sp³-hybridized carbons (Fsp3) is 0.951. The van der Waals surface area contributed by atoms with Crippen LogP contribution in [0.5, 0.6) is 0 Å². The van der Waals surface area contributed by atoms with E-state index >= 15 is 0 Å². The van der Waals surface area contributed by atoms with E-state index in [2.05, 4.69) is 20.8 Å². The molecule has 0 saturated carbocycles. The fourth-order valence-electron chi connectivity index (χ4n) is 6.04. The van der Waals surface area contributed by atoms with Crippen LogP contribution < -0.4 is 0 Å². The van der Waals surface area contributed by atoms with Crippen molar-refractivity contribution < 1.29 is 23.8 Å². The van der Waals surface area contributed by atoms with Crippen LogP contribution in [0, 0.1) is 0 Å². The van der Waals surface area contributed by atoms with Gasteiger partial charge in [0.1, 0.15) is 6.61 Å². The molecule has 46 heavy (non-hydrogen) atoms. The third kappa shape index (κ3) is 35.7. The Bertz CT molecular complexity index is 622. The van der Waals surface area contributed by atoms with E-state index in [9.17, 15) is 9.59 Å². The molecule has 0 saturated heterocycles. The van der Waals surface area contributed by atoms with Crippen LogP contribution in [0.3, 0.4) is 0 Å². The first kappa shape index (κ1) is 44.9. The molecule has 0 spiro atoms. The molecule has 5 heteroatoms. The minimum absolute atomic E-state index is 0.0933. The van der Waals surface area contributed by atoms with Gasteiger partial charge >= 0.3 is 11.9 Å². The number of carbonyl (C=O) groups is 2. The Kier molecular flexibility index (Phi) is 37.4. The standard InChI is InChI=1S/C41H80O5/c1-4-7-10-13-15-16-17-18-19-20-21-22-23-24-25-26-27-29-31-34-40(42)45-38-39(37-44-36-33-30-14-11-8-5-2)46-41(43)35-32-28-12-9-6-3/h39H,4-38H2,1-3H3. The zero-order valence-electron chi connectivity index (χ0n) is 31.4. The monoisotopic (exact) mass is 653 g/mol. The summed E-state index contributed by atoms with van der Waals surface area (Å²) in [4.78, 5) is 24.8. The second kappa shape index (κ2) is 38.3. The molecule has 0 aliphatic rings. The van der Waals surface area contributed by atoms with Gasteiger partial charge < -0.3 is 14.2 Å².